The Labute approximate surface area is 117 Å². The Hall–Kier alpha value is -2.21. The highest BCUT2D eigenvalue weighted by Gasteiger charge is 2.25. The number of carbonyl (C=O) groups is 1. The Morgan fingerprint density at radius 2 is 2.35 bits per heavy atom. The Balaban J connectivity index is 2.11. The Morgan fingerprint density at radius 1 is 1.50 bits per heavy atom. The van der Waals surface area contributed by atoms with Gasteiger partial charge in [-0.25, -0.2) is 4.98 Å². The number of carboxylic acids is 1. The molecular weight excluding hydrogens is 256 g/mol. The molecule has 2 aromatic heterocycles. The summed E-state index contributed by atoms with van der Waals surface area (Å²) in [4.78, 5) is 24.5. The van der Waals surface area contributed by atoms with E-state index in [1.807, 2.05) is 30.0 Å². The number of hydrogen-bond acceptors (Lipinski definition) is 4. The molecule has 2 heterocycles. The summed E-state index contributed by atoms with van der Waals surface area (Å²) in [6.07, 6.45) is 5.33. The number of H-pyrrole nitrogens is 1. The minimum atomic E-state index is -0.836. The fraction of sp³-hybridized carbons (Fsp3) is 0.357. The molecule has 6 nitrogen and oxygen atoms in total. The van der Waals surface area contributed by atoms with Crippen LogP contribution < -0.4 is 0 Å². The van der Waals surface area contributed by atoms with Crippen molar-refractivity contribution >= 4 is 5.97 Å². The molecular formula is C14H18N4O2. The lowest BCUT2D eigenvalue weighted by Crippen LogP contribution is -2.42. The highest BCUT2D eigenvalue weighted by molar-refractivity contribution is 5.73. The number of nitrogens with zero attached hydrogens (tertiary/aromatic N) is 3. The van der Waals surface area contributed by atoms with Gasteiger partial charge in [-0.2, -0.15) is 0 Å². The number of aromatic nitrogens is 3. The highest BCUT2D eigenvalue weighted by Crippen LogP contribution is 2.11. The second-order valence-electron chi connectivity index (χ2n) is 4.52. The normalized spacial score (nSPS) is 12.5. The summed E-state index contributed by atoms with van der Waals surface area (Å²) in [5, 5.41) is 9.46. The molecule has 6 heteroatoms. The van der Waals surface area contributed by atoms with Crippen LogP contribution in [0.1, 0.15) is 18.3 Å². The summed E-state index contributed by atoms with van der Waals surface area (Å²) in [6.45, 7) is 3.11. The standard InChI is InChI=1S/C14H18N4O2/c1-2-18(9-11-5-3-4-6-16-11)13(14(19)20)7-12-8-15-10-17-12/h3-6,8,10,13H,2,7,9H2,1H3,(H,15,17)(H,19,20)/t13-/m0/s1. The Morgan fingerprint density at radius 3 is 2.90 bits per heavy atom. The minimum Gasteiger partial charge on any atom is -0.480 e. The van der Waals surface area contributed by atoms with Crippen LogP contribution in [0.15, 0.2) is 36.9 Å². The fourth-order valence-corrected chi connectivity index (χ4v) is 2.12. The average Bonchev–Trinajstić information content (AvgIpc) is 2.96. The molecule has 0 amide bonds. The van der Waals surface area contributed by atoms with E-state index in [2.05, 4.69) is 15.0 Å². The third-order valence-electron chi connectivity index (χ3n) is 3.19. The average molecular weight is 274 g/mol. The van der Waals surface area contributed by atoms with Crippen LogP contribution in [-0.4, -0.2) is 43.5 Å². The first-order valence-electron chi connectivity index (χ1n) is 6.54. The van der Waals surface area contributed by atoms with E-state index >= 15 is 0 Å². The third kappa shape index (κ3) is 3.64. The van der Waals surface area contributed by atoms with Gasteiger partial charge in [-0.1, -0.05) is 13.0 Å². The van der Waals surface area contributed by atoms with Gasteiger partial charge in [0.05, 0.1) is 12.0 Å². The summed E-state index contributed by atoms with van der Waals surface area (Å²) in [6, 6.07) is 5.06. The zero-order valence-electron chi connectivity index (χ0n) is 11.4. The second-order valence-corrected chi connectivity index (χ2v) is 4.52. The van der Waals surface area contributed by atoms with Crippen molar-refractivity contribution in [3.8, 4) is 0 Å². The monoisotopic (exact) mass is 274 g/mol. The van der Waals surface area contributed by atoms with Crippen molar-refractivity contribution in [3.63, 3.8) is 0 Å². The molecule has 0 aliphatic heterocycles. The second kappa shape index (κ2) is 6.81. The molecule has 2 N–H and O–H groups in total. The summed E-state index contributed by atoms with van der Waals surface area (Å²) >= 11 is 0. The van der Waals surface area contributed by atoms with Gasteiger partial charge in [-0.3, -0.25) is 14.7 Å². The molecule has 0 fully saturated rings. The van der Waals surface area contributed by atoms with Crippen molar-refractivity contribution < 1.29 is 9.90 Å². The molecule has 2 rings (SSSR count). The summed E-state index contributed by atoms with van der Waals surface area (Å²) in [7, 11) is 0. The highest BCUT2D eigenvalue weighted by atomic mass is 16.4. The molecule has 0 saturated heterocycles. The molecule has 0 aromatic carbocycles. The van der Waals surface area contributed by atoms with Crippen LogP contribution in [0.5, 0.6) is 0 Å². The molecule has 0 aliphatic rings. The van der Waals surface area contributed by atoms with E-state index in [-0.39, 0.29) is 0 Å². The molecule has 2 aromatic rings. The van der Waals surface area contributed by atoms with E-state index in [9.17, 15) is 9.90 Å². The van der Waals surface area contributed by atoms with E-state index in [1.54, 1.807) is 18.7 Å². The van der Waals surface area contributed by atoms with E-state index in [0.717, 1.165) is 11.4 Å². The van der Waals surface area contributed by atoms with Gasteiger partial charge in [0.25, 0.3) is 0 Å². The predicted molar refractivity (Wildman–Crippen MR) is 74.0 cm³/mol. The van der Waals surface area contributed by atoms with Crippen molar-refractivity contribution in [1.29, 1.82) is 0 Å². The van der Waals surface area contributed by atoms with E-state index in [4.69, 9.17) is 0 Å². The number of imidazole rings is 1. The van der Waals surface area contributed by atoms with Gasteiger partial charge in [0.1, 0.15) is 6.04 Å². The van der Waals surface area contributed by atoms with Crippen LogP contribution in [0, 0.1) is 0 Å². The maximum atomic E-state index is 11.5. The molecule has 0 unspecified atom stereocenters. The number of aliphatic carboxylic acids is 1. The minimum absolute atomic E-state index is 0.399. The van der Waals surface area contributed by atoms with Crippen molar-refractivity contribution in [1.82, 2.24) is 19.9 Å². The van der Waals surface area contributed by atoms with Crippen LogP contribution >= 0.6 is 0 Å². The van der Waals surface area contributed by atoms with Gasteiger partial charge in [-0.05, 0) is 18.7 Å². The van der Waals surface area contributed by atoms with Crippen LogP contribution in [0.25, 0.3) is 0 Å². The molecule has 0 radical (unpaired) electrons. The molecule has 1 atom stereocenters. The lowest BCUT2D eigenvalue weighted by molar-refractivity contribution is -0.143. The van der Waals surface area contributed by atoms with Crippen LogP contribution in [0.2, 0.25) is 0 Å². The number of nitrogens with one attached hydrogen (secondary N) is 1. The molecule has 0 aliphatic carbocycles. The zero-order valence-corrected chi connectivity index (χ0v) is 11.4. The number of likely N-dealkylation sites (N-methyl/N-ethyl adjacent to an activating group) is 1. The van der Waals surface area contributed by atoms with E-state index in [1.165, 1.54) is 0 Å². The Bertz CT molecular complexity index is 527. The smallest absolute Gasteiger partial charge is 0.321 e. The maximum Gasteiger partial charge on any atom is 0.321 e. The van der Waals surface area contributed by atoms with Crippen molar-refractivity contribution in [2.45, 2.75) is 25.9 Å². The molecule has 20 heavy (non-hydrogen) atoms. The molecule has 106 valence electrons. The number of rotatable bonds is 7. The predicted octanol–water partition coefficient (Wildman–Crippen LogP) is 1.32. The van der Waals surface area contributed by atoms with Crippen molar-refractivity contribution in [2.24, 2.45) is 0 Å². The first kappa shape index (κ1) is 14.2. The summed E-state index contributed by atoms with van der Waals surface area (Å²) in [5.41, 5.74) is 1.68. The summed E-state index contributed by atoms with van der Waals surface area (Å²) < 4.78 is 0. The number of aromatic amines is 1. The van der Waals surface area contributed by atoms with Gasteiger partial charge in [0.2, 0.25) is 0 Å². The number of carboxylic acid groups (broad SMARTS) is 1. The number of pyridine rings is 1. The van der Waals surface area contributed by atoms with E-state index in [0.29, 0.717) is 19.5 Å². The molecule has 0 bridgehead atoms. The van der Waals surface area contributed by atoms with Gasteiger partial charge in [0.15, 0.2) is 0 Å². The lowest BCUT2D eigenvalue weighted by atomic mass is 10.1. The largest absolute Gasteiger partial charge is 0.480 e. The van der Waals surface area contributed by atoms with E-state index < -0.39 is 12.0 Å². The molecule has 0 saturated carbocycles. The van der Waals surface area contributed by atoms with Gasteiger partial charge in [0, 0.05) is 31.1 Å². The first-order valence-corrected chi connectivity index (χ1v) is 6.54. The SMILES string of the molecule is CCN(Cc1ccccn1)[C@@H](Cc1cnc[nH]1)C(=O)O. The van der Waals surface area contributed by atoms with Crippen molar-refractivity contribution in [2.75, 3.05) is 6.54 Å². The fourth-order valence-electron chi connectivity index (χ4n) is 2.12. The van der Waals surface area contributed by atoms with Gasteiger partial charge >= 0.3 is 5.97 Å². The van der Waals surface area contributed by atoms with Crippen LogP contribution in [0.4, 0.5) is 0 Å². The topological polar surface area (TPSA) is 82.1 Å². The van der Waals surface area contributed by atoms with Gasteiger partial charge in [-0.15, -0.1) is 0 Å². The quantitative estimate of drug-likeness (QED) is 0.795. The lowest BCUT2D eigenvalue weighted by Gasteiger charge is -2.26. The maximum absolute atomic E-state index is 11.5. The Kier molecular flexibility index (Phi) is 4.84. The molecule has 0 spiro atoms. The van der Waals surface area contributed by atoms with Crippen molar-refractivity contribution in [3.05, 3.63) is 48.3 Å². The summed E-state index contributed by atoms with van der Waals surface area (Å²) in [5.74, 6) is -0.836. The van der Waals surface area contributed by atoms with Gasteiger partial charge < -0.3 is 10.1 Å². The third-order valence-corrected chi connectivity index (χ3v) is 3.19. The van der Waals surface area contributed by atoms with Crippen LogP contribution in [0.3, 0.4) is 0 Å². The first-order chi connectivity index (χ1) is 9.70. The van der Waals surface area contributed by atoms with Crippen LogP contribution in [-0.2, 0) is 17.8 Å². The number of hydrogen-bond donors (Lipinski definition) is 2. The zero-order chi connectivity index (χ0) is 14.4.